The van der Waals surface area contributed by atoms with Crippen LogP contribution in [-0.4, -0.2) is 41.8 Å². The lowest BCUT2D eigenvalue weighted by molar-refractivity contribution is -0.130. The molecule has 0 saturated heterocycles. The number of pyridine rings is 1. The Hall–Kier alpha value is -1.43. The Morgan fingerprint density at radius 1 is 1.47 bits per heavy atom. The molecule has 1 heterocycles. The van der Waals surface area contributed by atoms with Gasteiger partial charge in [-0.3, -0.25) is 9.59 Å². The van der Waals surface area contributed by atoms with Crippen molar-refractivity contribution in [2.45, 2.75) is 13.0 Å². The van der Waals surface area contributed by atoms with Gasteiger partial charge in [0.25, 0.3) is 5.91 Å². The average molecular weight is 300 g/mol. The van der Waals surface area contributed by atoms with E-state index >= 15 is 0 Å². The fourth-order valence-corrected chi connectivity index (χ4v) is 1.64. The summed E-state index contributed by atoms with van der Waals surface area (Å²) in [7, 11) is 3.29. The summed E-state index contributed by atoms with van der Waals surface area (Å²) in [6.45, 7) is 1.65. The predicted molar refractivity (Wildman–Crippen MR) is 67.6 cm³/mol. The number of hydrogen-bond acceptors (Lipinski definition) is 3. The molecule has 0 saturated carbocycles. The standard InChI is InChI=1S/C11H14BrN3O2/c1-7(11(17)15(2)3)14-10(16)8-4-5-13-9(12)6-8/h4-7H,1-3H3,(H,14,16). The molecule has 0 aromatic carbocycles. The first kappa shape index (κ1) is 13.6. The van der Waals surface area contributed by atoms with Crippen molar-refractivity contribution in [2.24, 2.45) is 0 Å². The molecule has 6 heteroatoms. The number of halogens is 1. The highest BCUT2D eigenvalue weighted by Gasteiger charge is 2.17. The van der Waals surface area contributed by atoms with Gasteiger partial charge in [-0.05, 0) is 35.0 Å². The third kappa shape index (κ3) is 3.81. The number of likely N-dealkylation sites (N-methyl/N-ethyl adjacent to an activating group) is 1. The molecule has 5 nitrogen and oxygen atoms in total. The summed E-state index contributed by atoms with van der Waals surface area (Å²) in [6, 6.07) is 2.64. The van der Waals surface area contributed by atoms with E-state index in [2.05, 4.69) is 26.2 Å². The summed E-state index contributed by atoms with van der Waals surface area (Å²) in [5.41, 5.74) is 0.463. The molecule has 0 fully saturated rings. The number of nitrogens with one attached hydrogen (secondary N) is 1. The van der Waals surface area contributed by atoms with Gasteiger partial charge < -0.3 is 10.2 Å². The summed E-state index contributed by atoms with van der Waals surface area (Å²) >= 11 is 3.18. The summed E-state index contributed by atoms with van der Waals surface area (Å²) < 4.78 is 0.580. The number of aromatic nitrogens is 1. The number of hydrogen-bond donors (Lipinski definition) is 1. The highest BCUT2D eigenvalue weighted by molar-refractivity contribution is 9.10. The lowest BCUT2D eigenvalue weighted by atomic mass is 10.2. The average Bonchev–Trinajstić information content (AvgIpc) is 2.27. The van der Waals surface area contributed by atoms with Crippen molar-refractivity contribution in [3.05, 3.63) is 28.5 Å². The Balaban J connectivity index is 2.70. The highest BCUT2D eigenvalue weighted by atomic mass is 79.9. The van der Waals surface area contributed by atoms with Crippen molar-refractivity contribution in [1.82, 2.24) is 15.2 Å². The molecule has 1 atom stereocenters. The smallest absolute Gasteiger partial charge is 0.252 e. The van der Waals surface area contributed by atoms with Crippen LogP contribution in [-0.2, 0) is 4.79 Å². The molecule has 0 aliphatic rings. The van der Waals surface area contributed by atoms with E-state index in [9.17, 15) is 9.59 Å². The molecule has 1 N–H and O–H groups in total. The van der Waals surface area contributed by atoms with Crippen LogP contribution in [0.25, 0.3) is 0 Å². The largest absolute Gasteiger partial charge is 0.347 e. The van der Waals surface area contributed by atoms with Crippen LogP contribution in [0.3, 0.4) is 0 Å². The minimum atomic E-state index is -0.551. The van der Waals surface area contributed by atoms with Crippen LogP contribution in [0.4, 0.5) is 0 Å². The van der Waals surface area contributed by atoms with Gasteiger partial charge in [0.1, 0.15) is 10.6 Å². The third-order valence-electron chi connectivity index (χ3n) is 2.15. The maximum atomic E-state index is 11.8. The minimum absolute atomic E-state index is 0.147. The second-order valence-corrected chi connectivity index (χ2v) is 4.61. The fraction of sp³-hybridized carbons (Fsp3) is 0.364. The van der Waals surface area contributed by atoms with Gasteiger partial charge >= 0.3 is 0 Å². The van der Waals surface area contributed by atoms with Crippen LogP contribution < -0.4 is 5.32 Å². The van der Waals surface area contributed by atoms with Crippen molar-refractivity contribution >= 4 is 27.7 Å². The summed E-state index contributed by atoms with van der Waals surface area (Å²) in [5.74, 6) is -0.442. The number of nitrogens with zero attached hydrogens (tertiary/aromatic N) is 2. The zero-order valence-electron chi connectivity index (χ0n) is 9.90. The first-order chi connectivity index (χ1) is 7.91. The first-order valence-corrected chi connectivity index (χ1v) is 5.84. The van der Waals surface area contributed by atoms with Crippen LogP contribution in [0, 0.1) is 0 Å². The van der Waals surface area contributed by atoms with E-state index in [4.69, 9.17) is 0 Å². The van der Waals surface area contributed by atoms with Crippen LogP contribution in [0.5, 0.6) is 0 Å². The van der Waals surface area contributed by atoms with E-state index in [1.165, 1.54) is 11.1 Å². The van der Waals surface area contributed by atoms with Gasteiger partial charge in [-0.1, -0.05) is 0 Å². The number of carbonyl (C=O) groups excluding carboxylic acids is 2. The van der Waals surface area contributed by atoms with Crippen molar-refractivity contribution in [1.29, 1.82) is 0 Å². The second kappa shape index (κ2) is 5.77. The van der Waals surface area contributed by atoms with E-state index in [0.29, 0.717) is 10.2 Å². The maximum Gasteiger partial charge on any atom is 0.252 e. The van der Waals surface area contributed by atoms with Crippen molar-refractivity contribution in [2.75, 3.05) is 14.1 Å². The molecular formula is C11H14BrN3O2. The van der Waals surface area contributed by atoms with Crippen molar-refractivity contribution in [3.63, 3.8) is 0 Å². The lowest BCUT2D eigenvalue weighted by Gasteiger charge is -2.17. The monoisotopic (exact) mass is 299 g/mol. The molecular weight excluding hydrogens is 286 g/mol. The van der Waals surface area contributed by atoms with Gasteiger partial charge in [0.05, 0.1) is 0 Å². The second-order valence-electron chi connectivity index (χ2n) is 3.80. The zero-order chi connectivity index (χ0) is 13.0. The number of rotatable bonds is 3. The molecule has 92 valence electrons. The molecule has 0 spiro atoms. The van der Waals surface area contributed by atoms with Crippen molar-refractivity contribution < 1.29 is 9.59 Å². The number of carbonyl (C=O) groups is 2. The molecule has 2 amide bonds. The van der Waals surface area contributed by atoms with Gasteiger partial charge in [0, 0.05) is 25.9 Å². The van der Waals surface area contributed by atoms with Gasteiger partial charge in [-0.2, -0.15) is 0 Å². The Morgan fingerprint density at radius 3 is 2.65 bits per heavy atom. The predicted octanol–water partition coefficient (Wildman–Crippen LogP) is 1.05. The van der Waals surface area contributed by atoms with Gasteiger partial charge in [0.15, 0.2) is 0 Å². The van der Waals surface area contributed by atoms with E-state index in [0.717, 1.165) is 0 Å². The number of amides is 2. The molecule has 0 bridgehead atoms. The van der Waals surface area contributed by atoms with Gasteiger partial charge in [0.2, 0.25) is 5.91 Å². The van der Waals surface area contributed by atoms with E-state index < -0.39 is 6.04 Å². The highest BCUT2D eigenvalue weighted by Crippen LogP contribution is 2.08. The van der Waals surface area contributed by atoms with Crippen LogP contribution in [0.15, 0.2) is 22.9 Å². The normalized spacial score (nSPS) is 11.8. The molecule has 1 aromatic heterocycles. The SMILES string of the molecule is CC(NC(=O)c1ccnc(Br)c1)C(=O)N(C)C. The maximum absolute atomic E-state index is 11.8. The first-order valence-electron chi connectivity index (χ1n) is 5.05. The van der Waals surface area contributed by atoms with Gasteiger partial charge in [-0.15, -0.1) is 0 Å². The van der Waals surface area contributed by atoms with Crippen molar-refractivity contribution in [3.8, 4) is 0 Å². The molecule has 0 aliphatic heterocycles. The molecule has 1 rings (SSSR count). The minimum Gasteiger partial charge on any atom is -0.347 e. The Kier molecular flexibility index (Phi) is 4.62. The van der Waals surface area contributed by atoms with Crippen LogP contribution in [0.2, 0.25) is 0 Å². The van der Waals surface area contributed by atoms with E-state index in [1.54, 1.807) is 33.2 Å². The summed E-state index contributed by atoms with van der Waals surface area (Å²) in [6.07, 6.45) is 1.53. The quantitative estimate of drug-likeness (QED) is 0.849. The summed E-state index contributed by atoms with van der Waals surface area (Å²) in [5, 5.41) is 2.63. The van der Waals surface area contributed by atoms with Crippen LogP contribution >= 0.6 is 15.9 Å². The third-order valence-corrected chi connectivity index (χ3v) is 2.58. The molecule has 0 aliphatic carbocycles. The molecule has 1 unspecified atom stereocenters. The van der Waals surface area contributed by atoms with Crippen LogP contribution in [0.1, 0.15) is 17.3 Å². The zero-order valence-corrected chi connectivity index (χ0v) is 11.5. The lowest BCUT2D eigenvalue weighted by Crippen LogP contribution is -2.44. The molecule has 1 aromatic rings. The Labute approximate surface area is 108 Å². The van der Waals surface area contributed by atoms with E-state index in [-0.39, 0.29) is 11.8 Å². The Bertz CT molecular complexity index is 434. The molecule has 0 radical (unpaired) electrons. The Morgan fingerprint density at radius 2 is 2.12 bits per heavy atom. The van der Waals surface area contributed by atoms with Gasteiger partial charge in [-0.25, -0.2) is 4.98 Å². The fourth-order valence-electron chi connectivity index (χ4n) is 1.27. The van der Waals surface area contributed by atoms with E-state index in [1.807, 2.05) is 0 Å². The summed E-state index contributed by atoms with van der Waals surface area (Å²) in [4.78, 5) is 28.7. The topological polar surface area (TPSA) is 62.3 Å². The molecule has 17 heavy (non-hydrogen) atoms.